The van der Waals surface area contributed by atoms with Gasteiger partial charge in [-0.15, -0.1) is 0 Å². The molecule has 2 rings (SSSR count). The minimum Gasteiger partial charge on any atom is -0.384 e. The summed E-state index contributed by atoms with van der Waals surface area (Å²) in [5, 5.41) is 0. The molecule has 0 aliphatic carbocycles. The molecular formula is C14H23N5O5S. The molecule has 2 N–H and O–H groups in total. The summed E-state index contributed by atoms with van der Waals surface area (Å²) in [6.45, 7) is 1.53. The first-order valence-corrected chi connectivity index (χ1v) is 9.65. The van der Waals surface area contributed by atoms with Crippen LogP contribution >= 0.6 is 0 Å². The standard InChI is InChI=1S/C14H23N5O5S/c1-16-12(15)11(13(21)17(2)14(16)22)10(20)9-18-5-4-6-19(8-7-18)25(3,23)24/h4-9,15H2,1-3H3. The number of Topliss-reactive ketones (excluding diaryl/α,β-unsaturated/α-hetero) is 1. The zero-order valence-electron chi connectivity index (χ0n) is 14.6. The lowest BCUT2D eigenvalue weighted by atomic mass is 10.1. The largest absolute Gasteiger partial charge is 0.384 e. The van der Waals surface area contributed by atoms with Crippen LogP contribution in [-0.4, -0.2) is 71.5 Å². The minimum absolute atomic E-state index is 0.0603. The third-order valence-corrected chi connectivity index (χ3v) is 5.68. The van der Waals surface area contributed by atoms with Crippen LogP contribution in [0.5, 0.6) is 0 Å². The van der Waals surface area contributed by atoms with Gasteiger partial charge in [0.15, 0.2) is 5.78 Å². The molecule has 1 saturated heterocycles. The fourth-order valence-electron chi connectivity index (χ4n) is 2.84. The summed E-state index contributed by atoms with van der Waals surface area (Å²) < 4.78 is 26.5. The van der Waals surface area contributed by atoms with Gasteiger partial charge < -0.3 is 5.73 Å². The van der Waals surface area contributed by atoms with E-state index < -0.39 is 27.1 Å². The van der Waals surface area contributed by atoms with Crippen LogP contribution < -0.4 is 17.0 Å². The summed E-state index contributed by atoms with van der Waals surface area (Å²) in [4.78, 5) is 38.4. The molecular weight excluding hydrogens is 350 g/mol. The number of ketones is 1. The molecule has 1 aromatic rings. The van der Waals surface area contributed by atoms with E-state index in [0.717, 1.165) is 15.4 Å². The van der Waals surface area contributed by atoms with Gasteiger partial charge in [-0.3, -0.25) is 23.6 Å². The summed E-state index contributed by atoms with van der Waals surface area (Å²) in [5.74, 6) is -0.646. The van der Waals surface area contributed by atoms with E-state index in [0.29, 0.717) is 26.1 Å². The fourth-order valence-corrected chi connectivity index (χ4v) is 3.72. The second-order valence-electron chi connectivity index (χ2n) is 6.18. The van der Waals surface area contributed by atoms with Gasteiger partial charge in [0.05, 0.1) is 12.8 Å². The number of carbonyl (C=O) groups excluding carboxylic acids is 1. The van der Waals surface area contributed by atoms with Crippen molar-refractivity contribution < 1.29 is 13.2 Å². The number of anilines is 1. The third-order valence-electron chi connectivity index (χ3n) is 4.37. The summed E-state index contributed by atoms with van der Waals surface area (Å²) in [7, 11) is -0.591. The number of hydrogen-bond acceptors (Lipinski definition) is 7. The Balaban J connectivity index is 2.21. The van der Waals surface area contributed by atoms with Crippen molar-refractivity contribution >= 4 is 21.6 Å². The number of aromatic nitrogens is 2. The van der Waals surface area contributed by atoms with Crippen molar-refractivity contribution in [3.05, 3.63) is 26.4 Å². The zero-order valence-corrected chi connectivity index (χ0v) is 15.4. The highest BCUT2D eigenvalue weighted by molar-refractivity contribution is 7.88. The molecule has 1 aliphatic rings. The van der Waals surface area contributed by atoms with Crippen molar-refractivity contribution in [2.24, 2.45) is 14.1 Å². The Morgan fingerprint density at radius 1 is 1.08 bits per heavy atom. The van der Waals surface area contributed by atoms with Crippen LogP contribution in [0.15, 0.2) is 9.59 Å². The Morgan fingerprint density at radius 3 is 2.32 bits per heavy atom. The van der Waals surface area contributed by atoms with E-state index in [1.807, 2.05) is 0 Å². The van der Waals surface area contributed by atoms with Crippen LogP contribution in [0.3, 0.4) is 0 Å². The van der Waals surface area contributed by atoms with Crippen LogP contribution in [0, 0.1) is 0 Å². The number of nitrogens with zero attached hydrogens (tertiary/aromatic N) is 4. The first-order valence-electron chi connectivity index (χ1n) is 7.80. The van der Waals surface area contributed by atoms with E-state index >= 15 is 0 Å². The van der Waals surface area contributed by atoms with Crippen molar-refractivity contribution in [1.29, 1.82) is 0 Å². The Morgan fingerprint density at radius 2 is 1.72 bits per heavy atom. The summed E-state index contributed by atoms with van der Waals surface area (Å²) in [5.41, 5.74) is 4.25. The van der Waals surface area contributed by atoms with Crippen LogP contribution in [0.1, 0.15) is 16.8 Å². The van der Waals surface area contributed by atoms with Gasteiger partial charge in [0.2, 0.25) is 10.0 Å². The fraction of sp³-hybridized carbons (Fsp3) is 0.643. The van der Waals surface area contributed by atoms with Crippen LogP contribution in [0.25, 0.3) is 0 Å². The molecule has 140 valence electrons. The lowest BCUT2D eigenvalue weighted by molar-refractivity contribution is 0.0932. The summed E-state index contributed by atoms with van der Waals surface area (Å²) in [6, 6.07) is 0. The van der Waals surface area contributed by atoms with E-state index in [9.17, 15) is 22.8 Å². The van der Waals surface area contributed by atoms with Crippen LogP contribution in [0.4, 0.5) is 5.82 Å². The smallest absolute Gasteiger partial charge is 0.332 e. The molecule has 0 unspecified atom stereocenters. The average molecular weight is 373 g/mol. The van der Waals surface area contributed by atoms with Gasteiger partial charge in [-0.05, 0) is 13.0 Å². The number of rotatable bonds is 4. The van der Waals surface area contributed by atoms with Gasteiger partial charge in [-0.25, -0.2) is 17.5 Å². The number of sulfonamides is 1. The minimum atomic E-state index is -3.27. The topological polar surface area (TPSA) is 128 Å². The molecule has 1 aromatic heterocycles. The van der Waals surface area contributed by atoms with Crippen molar-refractivity contribution in [3.8, 4) is 0 Å². The monoisotopic (exact) mass is 373 g/mol. The lowest BCUT2D eigenvalue weighted by Crippen LogP contribution is -2.43. The molecule has 11 heteroatoms. The maximum Gasteiger partial charge on any atom is 0.332 e. The third kappa shape index (κ3) is 3.99. The Bertz CT molecular complexity index is 901. The number of hydrogen-bond donors (Lipinski definition) is 1. The molecule has 0 radical (unpaired) electrons. The van der Waals surface area contributed by atoms with Crippen molar-refractivity contribution in [1.82, 2.24) is 18.3 Å². The van der Waals surface area contributed by atoms with Crippen molar-refractivity contribution in [2.75, 3.05) is 44.7 Å². The first kappa shape index (κ1) is 19.3. The normalized spacial score (nSPS) is 17.4. The Labute approximate surface area is 145 Å². The second kappa shape index (κ2) is 7.10. The number of nitrogen functional groups attached to an aromatic ring is 1. The quantitative estimate of drug-likeness (QED) is 0.594. The maximum atomic E-state index is 12.6. The molecule has 1 fully saturated rings. The number of carbonyl (C=O) groups is 1. The molecule has 1 aliphatic heterocycles. The van der Waals surface area contributed by atoms with E-state index in [-0.39, 0.29) is 24.5 Å². The Hall–Kier alpha value is -1.98. The molecule has 2 heterocycles. The number of nitrogens with two attached hydrogens (primary N) is 1. The SMILES string of the molecule is Cn1c(N)c(C(=O)CN2CCCN(S(C)(=O)=O)CC2)c(=O)n(C)c1=O. The van der Waals surface area contributed by atoms with E-state index in [1.165, 1.54) is 18.4 Å². The molecule has 25 heavy (non-hydrogen) atoms. The molecule has 0 aromatic carbocycles. The highest BCUT2D eigenvalue weighted by Crippen LogP contribution is 2.09. The predicted octanol–water partition coefficient (Wildman–Crippen LogP) is -2.18. The average Bonchev–Trinajstić information content (AvgIpc) is 2.76. The van der Waals surface area contributed by atoms with Crippen molar-refractivity contribution in [2.45, 2.75) is 6.42 Å². The van der Waals surface area contributed by atoms with Crippen LogP contribution in [-0.2, 0) is 24.1 Å². The maximum absolute atomic E-state index is 12.6. The van der Waals surface area contributed by atoms with E-state index in [4.69, 9.17) is 5.73 Å². The summed E-state index contributed by atoms with van der Waals surface area (Å²) in [6.07, 6.45) is 1.74. The molecule has 0 amide bonds. The molecule has 10 nitrogen and oxygen atoms in total. The molecule has 0 spiro atoms. The van der Waals surface area contributed by atoms with Gasteiger partial charge in [-0.2, -0.15) is 0 Å². The van der Waals surface area contributed by atoms with Gasteiger partial charge in [0, 0.05) is 33.7 Å². The Kier molecular flexibility index (Phi) is 5.49. The van der Waals surface area contributed by atoms with Gasteiger partial charge in [0.25, 0.3) is 5.56 Å². The van der Waals surface area contributed by atoms with Crippen LogP contribution in [0.2, 0.25) is 0 Å². The molecule has 0 bridgehead atoms. The summed E-state index contributed by atoms with van der Waals surface area (Å²) >= 11 is 0. The second-order valence-corrected chi connectivity index (χ2v) is 8.16. The molecule has 0 atom stereocenters. The van der Waals surface area contributed by atoms with Gasteiger partial charge >= 0.3 is 5.69 Å². The first-order chi connectivity index (χ1) is 11.5. The van der Waals surface area contributed by atoms with E-state index in [2.05, 4.69) is 0 Å². The zero-order chi connectivity index (χ0) is 18.9. The van der Waals surface area contributed by atoms with Gasteiger partial charge in [0.1, 0.15) is 11.4 Å². The highest BCUT2D eigenvalue weighted by atomic mass is 32.2. The predicted molar refractivity (Wildman–Crippen MR) is 93.1 cm³/mol. The van der Waals surface area contributed by atoms with Crippen molar-refractivity contribution in [3.63, 3.8) is 0 Å². The highest BCUT2D eigenvalue weighted by Gasteiger charge is 2.25. The lowest BCUT2D eigenvalue weighted by Gasteiger charge is -2.20. The molecule has 0 saturated carbocycles. The van der Waals surface area contributed by atoms with E-state index in [1.54, 1.807) is 4.90 Å². The van der Waals surface area contributed by atoms with Gasteiger partial charge in [-0.1, -0.05) is 0 Å².